The molecular formula is C19H15FN4O3. The molecule has 5 rings (SSSR count). The minimum atomic E-state index is -0.445. The molecule has 1 unspecified atom stereocenters. The number of halogens is 1. The fourth-order valence-corrected chi connectivity index (χ4v) is 3.73. The maximum atomic E-state index is 13.2. The summed E-state index contributed by atoms with van der Waals surface area (Å²) in [5.41, 5.74) is 4.03. The molecule has 3 aromatic heterocycles. The largest absolute Gasteiger partial charge is 0.488 e. The average Bonchev–Trinajstić information content (AvgIpc) is 3.17. The summed E-state index contributed by atoms with van der Waals surface area (Å²) in [6.07, 6.45) is 1.14. The van der Waals surface area contributed by atoms with E-state index in [0.717, 1.165) is 23.0 Å². The third-order valence-electron chi connectivity index (χ3n) is 4.92. The predicted molar refractivity (Wildman–Crippen MR) is 95.4 cm³/mol. The molecule has 0 spiro atoms. The molecule has 0 saturated carbocycles. The number of hydrogen-bond acceptors (Lipinski definition) is 5. The Morgan fingerprint density at radius 3 is 2.81 bits per heavy atom. The number of ether oxygens (including phenoxy) is 1. The summed E-state index contributed by atoms with van der Waals surface area (Å²) < 4.78 is 26.2. The van der Waals surface area contributed by atoms with Gasteiger partial charge < -0.3 is 14.2 Å². The van der Waals surface area contributed by atoms with Gasteiger partial charge in [0, 0.05) is 5.56 Å². The van der Waals surface area contributed by atoms with Crippen LogP contribution in [0, 0.1) is 19.7 Å². The Kier molecular flexibility index (Phi) is 3.24. The highest BCUT2D eigenvalue weighted by molar-refractivity contribution is 5.92. The second-order valence-corrected chi connectivity index (χ2v) is 6.57. The van der Waals surface area contributed by atoms with Crippen LogP contribution < -0.4 is 10.4 Å². The molecule has 0 radical (unpaired) electrons. The summed E-state index contributed by atoms with van der Waals surface area (Å²) in [4.78, 5) is 19.6. The summed E-state index contributed by atoms with van der Waals surface area (Å²) in [6.45, 7) is 3.91. The number of pyridine rings is 1. The van der Waals surface area contributed by atoms with Gasteiger partial charge in [-0.15, -0.1) is 0 Å². The number of nitrogens with one attached hydrogen (secondary N) is 1. The van der Waals surface area contributed by atoms with Crippen LogP contribution in [0.5, 0.6) is 5.75 Å². The quantitative estimate of drug-likeness (QED) is 0.589. The van der Waals surface area contributed by atoms with E-state index in [0.29, 0.717) is 28.2 Å². The SMILES string of the molecule is Cc1noc(C)c1-c1ccc2[nH]c(=O)n3c2c1OCC3c1ccc(F)cn1. The van der Waals surface area contributed by atoms with Gasteiger partial charge in [0.2, 0.25) is 0 Å². The maximum absolute atomic E-state index is 13.2. The zero-order valence-corrected chi connectivity index (χ0v) is 14.6. The van der Waals surface area contributed by atoms with Crippen molar-refractivity contribution in [3.63, 3.8) is 0 Å². The Labute approximate surface area is 152 Å². The van der Waals surface area contributed by atoms with Crippen molar-refractivity contribution in [2.24, 2.45) is 0 Å². The van der Waals surface area contributed by atoms with Crippen LogP contribution in [0.2, 0.25) is 0 Å². The third-order valence-corrected chi connectivity index (χ3v) is 4.92. The summed E-state index contributed by atoms with van der Waals surface area (Å²) in [6, 6.07) is 6.17. The normalized spacial score (nSPS) is 15.9. The monoisotopic (exact) mass is 366 g/mol. The molecule has 8 heteroatoms. The van der Waals surface area contributed by atoms with Gasteiger partial charge in [-0.25, -0.2) is 9.18 Å². The van der Waals surface area contributed by atoms with Crippen molar-refractivity contribution in [3.8, 4) is 16.9 Å². The smallest absolute Gasteiger partial charge is 0.327 e. The summed E-state index contributed by atoms with van der Waals surface area (Å²) >= 11 is 0. The molecule has 4 aromatic rings. The number of imidazole rings is 1. The zero-order valence-electron chi connectivity index (χ0n) is 14.6. The minimum absolute atomic E-state index is 0.207. The lowest BCUT2D eigenvalue weighted by Crippen LogP contribution is -2.31. The number of rotatable bonds is 2. The lowest BCUT2D eigenvalue weighted by Gasteiger charge is -2.26. The highest BCUT2D eigenvalue weighted by atomic mass is 19.1. The van der Waals surface area contributed by atoms with Gasteiger partial charge in [0.15, 0.2) is 5.75 Å². The topological polar surface area (TPSA) is 85.9 Å². The van der Waals surface area contributed by atoms with Gasteiger partial charge in [0.1, 0.15) is 29.7 Å². The number of nitrogens with zero attached hydrogens (tertiary/aromatic N) is 3. The van der Waals surface area contributed by atoms with E-state index in [1.54, 1.807) is 10.6 Å². The van der Waals surface area contributed by atoms with Gasteiger partial charge in [-0.3, -0.25) is 9.55 Å². The van der Waals surface area contributed by atoms with E-state index in [9.17, 15) is 9.18 Å². The number of hydrogen-bond donors (Lipinski definition) is 1. The van der Waals surface area contributed by atoms with E-state index in [1.807, 2.05) is 26.0 Å². The highest BCUT2D eigenvalue weighted by Crippen LogP contribution is 2.42. The van der Waals surface area contributed by atoms with E-state index in [2.05, 4.69) is 15.1 Å². The molecule has 1 aromatic carbocycles. The van der Waals surface area contributed by atoms with Crippen LogP contribution >= 0.6 is 0 Å². The first-order valence-corrected chi connectivity index (χ1v) is 8.49. The number of aromatic amines is 1. The number of H-pyrrole nitrogens is 1. The molecule has 1 N–H and O–H groups in total. The molecule has 0 saturated heterocycles. The fraction of sp³-hybridized carbons (Fsp3) is 0.211. The first-order valence-electron chi connectivity index (χ1n) is 8.49. The van der Waals surface area contributed by atoms with E-state index < -0.39 is 11.9 Å². The fourth-order valence-electron chi connectivity index (χ4n) is 3.73. The molecule has 0 bridgehead atoms. The van der Waals surface area contributed by atoms with Crippen LogP contribution in [-0.4, -0.2) is 26.3 Å². The van der Waals surface area contributed by atoms with E-state index in [1.165, 1.54) is 6.07 Å². The molecule has 27 heavy (non-hydrogen) atoms. The van der Waals surface area contributed by atoms with Gasteiger partial charge in [-0.1, -0.05) is 5.16 Å². The first-order chi connectivity index (χ1) is 13.0. The number of benzene rings is 1. The second-order valence-electron chi connectivity index (χ2n) is 6.57. The number of aryl methyl sites for hydroxylation is 2. The summed E-state index contributed by atoms with van der Waals surface area (Å²) in [5.74, 6) is 0.847. The first kappa shape index (κ1) is 15.8. The molecule has 1 aliphatic heterocycles. The second kappa shape index (κ2) is 5.54. The molecule has 0 amide bonds. The molecule has 0 fully saturated rings. The van der Waals surface area contributed by atoms with E-state index in [4.69, 9.17) is 9.26 Å². The van der Waals surface area contributed by atoms with Crippen LogP contribution in [0.4, 0.5) is 4.39 Å². The Balaban J connectivity index is 1.78. The van der Waals surface area contributed by atoms with Crippen molar-refractivity contribution in [1.29, 1.82) is 0 Å². The lowest BCUT2D eigenvalue weighted by molar-refractivity contribution is 0.254. The molecule has 0 aliphatic carbocycles. The molecule has 7 nitrogen and oxygen atoms in total. The van der Waals surface area contributed by atoms with Crippen molar-refractivity contribution >= 4 is 11.0 Å². The van der Waals surface area contributed by atoms with Crippen LogP contribution in [0.15, 0.2) is 39.8 Å². The lowest BCUT2D eigenvalue weighted by atomic mass is 10.0. The average molecular weight is 366 g/mol. The Hall–Kier alpha value is -3.42. The predicted octanol–water partition coefficient (Wildman–Crippen LogP) is 3.12. The van der Waals surface area contributed by atoms with Crippen LogP contribution in [0.25, 0.3) is 22.2 Å². The molecule has 136 valence electrons. The zero-order chi connectivity index (χ0) is 18.7. The van der Waals surface area contributed by atoms with Crippen molar-refractivity contribution in [1.82, 2.24) is 19.7 Å². The van der Waals surface area contributed by atoms with Crippen molar-refractivity contribution in [2.45, 2.75) is 19.9 Å². The van der Waals surface area contributed by atoms with Crippen molar-refractivity contribution < 1.29 is 13.7 Å². The Bertz CT molecular complexity index is 1220. The van der Waals surface area contributed by atoms with E-state index in [-0.39, 0.29) is 12.3 Å². The van der Waals surface area contributed by atoms with Gasteiger partial charge in [-0.2, -0.15) is 0 Å². The van der Waals surface area contributed by atoms with Gasteiger partial charge >= 0.3 is 5.69 Å². The Morgan fingerprint density at radius 1 is 1.26 bits per heavy atom. The van der Waals surface area contributed by atoms with Crippen LogP contribution in [0.1, 0.15) is 23.2 Å². The Morgan fingerprint density at radius 2 is 2.11 bits per heavy atom. The summed E-state index contributed by atoms with van der Waals surface area (Å²) in [5, 5.41) is 4.01. The maximum Gasteiger partial charge on any atom is 0.327 e. The van der Waals surface area contributed by atoms with Crippen molar-refractivity contribution in [2.75, 3.05) is 6.61 Å². The summed E-state index contributed by atoms with van der Waals surface area (Å²) in [7, 11) is 0. The van der Waals surface area contributed by atoms with E-state index >= 15 is 0 Å². The van der Waals surface area contributed by atoms with Crippen LogP contribution in [-0.2, 0) is 0 Å². The highest BCUT2D eigenvalue weighted by Gasteiger charge is 2.30. The van der Waals surface area contributed by atoms with Gasteiger partial charge in [0.25, 0.3) is 0 Å². The van der Waals surface area contributed by atoms with Crippen molar-refractivity contribution in [3.05, 3.63) is 63.9 Å². The minimum Gasteiger partial charge on any atom is -0.488 e. The standard InChI is InChI=1S/C19H15FN4O3/c1-9-16(10(2)27-23-9)12-4-6-14-17-18(12)26-8-15(24(17)19(25)22-14)13-5-3-11(20)7-21-13/h3-7,15H,8H2,1-2H3,(H,22,25). The third kappa shape index (κ3) is 2.22. The number of aromatic nitrogens is 4. The molecule has 1 aliphatic rings. The molecule has 4 heterocycles. The van der Waals surface area contributed by atoms with Gasteiger partial charge in [-0.05, 0) is 38.1 Å². The molecule has 1 atom stereocenters. The van der Waals surface area contributed by atoms with Crippen LogP contribution in [0.3, 0.4) is 0 Å². The molecular weight excluding hydrogens is 351 g/mol. The van der Waals surface area contributed by atoms with Gasteiger partial charge in [0.05, 0.1) is 28.7 Å².